The number of aliphatic imine (C=N–C) groups is 2. The Morgan fingerprint density at radius 3 is 1.40 bits per heavy atom. The second kappa shape index (κ2) is 21.1. The van der Waals surface area contributed by atoms with E-state index in [1.165, 1.54) is 0 Å². The number of aromatic nitrogens is 1. The third kappa shape index (κ3) is 14.3. The molecule has 17 nitrogen and oxygen atoms in total. The first-order valence-electron chi connectivity index (χ1n) is 16.7. The lowest BCUT2D eigenvalue weighted by atomic mass is 10.1. The Morgan fingerprint density at radius 2 is 1.02 bits per heavy atom. The van der Waals surface area contributed by atoms with Crippen molar-refractivity contribution in [1.29, 1.82) is 0 Å². The summed E-state index contributed by atoms with van der Waals surface area (Å²) < 4.78 is 84.2. The lowest BCUT2D eigenvalue weighted by Gasteiger charge is -2.19. The maximum Gasteiger partial charge on any atom is 0.416 e. The Kier molecular flexibility index (Phi) is 17.0. The molecule has 0 saturated carbocycles. The molecular formula is C33H39F6N13O4S2. The van der Waals surface area contributed by atoms with Crippen molar-refractivity contribution < 1.29 is 45.5 Å². The van der Waals surface area contributed by atoms with Gasteiger partial charge in [0.1, 0.15) is 5.69 Å². The summed E-state index contributed by atoms with van der Waals surface area (Å²) in [6, 6.07) is 4.71. The van der Waals surface area contributed by atoms with Crippen LogP contribution in [0.25, 0.3) is 0 Å². The number of carbonyl (C=O) groups is 4. The number of thioether (sulfide) groups is 2. The van der Waals surface area contributed by atoms with Gasteiger partial charge in [-0.25, -0.2) is 0 Å². The van der Waals surface area contributed by atoms with Gasteiger partial charge in [-0.15, -0.1) is 23.5 Å². The van der Waals surface area contributed by atoms with E-state index in [0.717, 1.165) is 41.9 Å². The number of rotatable bonds is 18. The number of anilines is 4. The summed E-state index contributed by atoms with van der Waals surface area (Å²) in [4.78, 5) is 63.6. The maximum absolute atomic E-state index is 14.0. The van der Waals surface area contributed by atoms with Crippen molar-refractivity contribution in [2.75, 3.05) is 59.0 Å². The molecule has 0 unspecified atom stereocenters. The van der Waals surface area contributed by atoms with Crippen molar-refractivity contribution in [3.05, 3.63) is 65.0 Å². The molecule has 3 rings (SSSR count). The zero-order chi connectivity index (χ0) is 43.2. The second-order valence-corrected chi connectivity index (χ2v) is 13.8. The van der Waals surface area contributed by atoms with Crippen molar-refractivity contribution >= 4 is 81.8 Å². The standard InChI is InChI=1S/C33H39F6N13O4S2/c34-32(35,36)17-12-19(49-24(53)2-7-47-30(42)43)26(57-9-4-40)21(14-17)51-28(55)16-1-6-46-23(11-16)29(56)52-22-15-18(33(37,38)39)13-20(27(22)58-10-5-41)50-25(54)3-8-48-31(44)45/h1,6,11-15H,2-5,7-10,40-41H2,(H,49,53)(H,50,54)(H,51,55)(H,52,56)(H4,42,43,47)(H4,44,45,48). The number of nitrogens with one attached hydrogen (secondary N) is 4. The number of nitrogens with two attached hydrogens (primary N) is 6. The summed E-state index contributed by atoms with van der Waals surface area (Å²) in [7, 11) is 0. The summed E-state index contributed by atoms with van der Waals surface area (Å²) in [5.74, 6) is -3.94. The van der Waals surface area contributed by atoms with E-state index in [1.807, 2.05) is 0 Å². The highest BCUT2D eigenvalue weighted by atomic mass is 32.2. The van der Waals surface area contributed by atoms with Gasteiger partial charge in [0, 0.05) is 49.2 Å². The van der Waals surface area contributed by atoms with Gasteiger partial charge in [-0.2, -0.15) is 26.3 Å². The molecule has 16 N–H and O–H groups in total. The SMILES string of the molecule is NCCSc1c(NC(=O)CCN=C(N)N)cc(C(F)(F)F)cc1NC(=O)c1ccnc(C(=O)Nc2cc(C(F)(F)F)cc(NC(=O)CCN=C(N)N)c2SCCN)c1. The first-order chi connectivity index (χ1) is 27.2. The molecule has 3 aromatic rings. The van der Waals surface area contributed by atoms with Gasteiger partial charge >= 0.3 is 12.4 Å². The normalized spacial score (nSPS) is 11.3. The highest BCUT2D eigenvalue weighted by molar-refractivity contribution is 7.99. The number of hydrogen-bond donors (Lipinski definition) is 10. The van der Waals surface area contributed by atoms with Crippen LogP contribution in [0.1, 0.15) is 44.8 Å². The summed E-state index contributed by atoms with van der Waals surface area (Å²) in [5.41, 5.74) is 27.6. The number of pyridine rings is 1. The predicted molar refractivity (Wildman–Crippen MR) is 210 cm³/mol. The molecule has 2 aromatic carbocycles. The molecule has 1 aromatic heterocycles. The number of halogens is 6. The van der Waals surface area contributed by atoms with Crippen molar-refractivity contribution in [3.63, 3.8) is 0 Å². The molecule has 0 atom stereocenters. The number of benzene rings is 2. The van der Waals surface area contributed by atoms with Crippen molar-refractivity contribution in [2.45, 2.75) is 35.0 Å². The highest BCUT2D eigenvalue weighted by Crippen LogP contribution is 2.43. The molecule has 0 bridgehead atoms. The van der Waals surface area contributed by atoms with Gasteiger partial charge in [0.15, 0.2) is 11.9 Å². The van der Waals surface area contributed by atoms with Crippen LogP contribution in [0.4, 0.5) is 49.1 Å². The van der Waals surface area contributed by atoms with Crippen molar-refractivity contribution in [2.24, 2.45) is 44.4 Å². The van der Waals surface area contributed by atoms with Crippen molar-refractivity contribution in [3.8, 4) is 0 Å². The van der Waals surface area contributed by atoms with Gasteiger partial charge in [-0.1, -0.05) is 0 Å². The first kappa shape index (κ1) is 46.6. The fourth-order valence-electron chi connectivity index (χ4n) is 4.66. The number of guanidine groups is 2. The van der Waals surface area contributed by atoms with Gasteiger partial charge < -0.3 is 55.7 Å². The molecular weight excluding hydrogens is 821 g/mol. The molecule has 58 heavy (non-hydrogen) atoms. The number of amides is 4. The number of hydrogen-bond acceptors (Lipinski definition) is 11. The molecule has 0 aliphatic carbocycles. The van der Waals surface area contributed by atoms with Crippen LogP contribution in [-0.4, -0.2) is 78.2 Å². The number of carbonyl (C=O) groups excluding carboxylic acids is 4. The van der Waals surface area contributed by atoms with Gasteiger partial charge in [0.2, 0.25) is 11.8 Å². The Morgan fingerprint density at radius 1 is 0.621 bits per heavy atom. The largest absolute Gasteiger partial charge is 0.416 e. The van der Waals surface area contributed by atoms with Crippen LogP contribution in [0, 0.1) is 0 Å². The summed E-state index contributed by atoms with van der Waals surface area (Å²) in [6.07, 6.45) is -9.47. The van der Waals surface area contributed by atoms with E-state index in [9.17, 15) is 45.5 Å². The first-order valence-corrected chi connectivity index (χ1v) is 18.7. The van der Waals surface area contributed by atoms with Crippen LogP contribution in [0.2, 0.25) is 0 Å². The zero-order valence-electron chi connectivity index (χ0n) is 30.2. The minimum atomic E-state index is -4.94. The van der Waals surface area contributed by atoms with E-state index in [2.05, 4.69) is 36.2 Å². The van der Waals surface area contributed by atoms with E-state index >= 15 is 0 Å². The lowest BCUT2D eigenvalue weighted by molar-refractivity contribution is -0.138. The molecule has 0 saturated heterocycles. The van der Waals surface area contributed by atoms with Gasteiger partial charge in [0.25, 0.3) is 11.8 Å². The molecule has 0 aliphatic heterocycles. The summed E-state index contributed by atoms with van der Waals surface area (Å²) >= 11 is 1.86. The van der Waals surface area contributed by atoms with Crippen LogP contribution in [0.5, 0.6) is 0 Å². The van der Waals surface area contributed by atoms with Crippen LogP contribution < -0.4 is 55.7 Å². The van der Waals surface area contributed by atoms with Crippen LogP contribution in [0.3, 0.4) is 0 Å². The fraction of sp³-hybridized carbons (Fsp3) is 0.303. The Labute approximate surface area is 335 Å². The molecule has 4 amide bonds. The van der Waals surface area contributed by atoms with Crippen LogP contribution >= 0.6 is 23.5 Å². The lowest BCUT2D eigenvalue weighted by Crippen LogP contribution is -2.24. The monoisotopic (exact) mass is 859 g/mol. The van der Waals surface area contributed by atoms with Crippen LogP contribution in [-0.2, 0) is 21.9 Å². The third-order valence-corrected chi connectivity index (χ3v) is 9.46. The van der Waals surface area contributed by atoms with E-state index in [4.69, 9.17) is 34.4 Å². The molecule has 0 radical (unpaired) electrons. The Bertz CT molecular complexity index is 1900. The summed E-state index contributed by atoms with van der Waals surface area (Å²) in [5, 5.41) is 9.46. The van der Waals surface area contributed by atoms with Gasteiger partial charge in [-0.3, -0.25) is 34.1 Å². The van der Waals surface area contributed by atoms with Crippen LogP contribution in [0.15, 0.2) is 62.4 Å². The third-order valence-electron chi connectivity index (χ3n) is 7.13. The molecule has 314 valence electrons. The maximum atomic E-state index is 14.0. The fourth-order valence-corrected chi connectivity index (χ4v) is 6.37. The Balaban J connectivity index is 2.01. The average Bonchev–Trinajstić information content (AvgIpc) is 3.12. The minimum Gasteiger partial charge on any atom is -0.370 e. The van der Waals surface area contributed by atoms with E-state index in [1.54, 1.807) is 0 Å². The van der Waals surface area contributed by atoms with E-state index in [-0.39, 0.29) is 94.9 Å². The number of nitrogens with zero attached hydrogens (tertiary/aromatic N) is 3. The molecule has 1 heterocycles. The minimum absolute atomic E-state index is 0.00192. The Hall–Kier alpha value is -5.79. The van der Waals surface area contributed by atoms with Crippen molar-refractivity contribution in [1.82, 2.24) is 4.98 Å². The molecule has 25 heteroatoms. The zero-order valence-corrected chi connectivity index (χ0v) is 31.9. The van der Waals surface area contributed by atoms with E-state index < -0.39 is 58.5 Å². The smallest absolute Gasteiger partial charge is 0.370 e. The average molecular weight is 860 g/mol. The van der Waals surface area contributed by atoms with E-state index in [0.29, 0.717) is 24.3 Å². The molecule has 0 spiro atoms. The van der Waals surface area contributed by atoms with Gasteiger partial charge in [0.05, 0.1) is 56.8 Å². The predicted octanol–water partition coefficient (Wildman–Crippen LogP) is 2.93. The topological polar surface area (TPSA) is 310 Å². The quantitative estimate of drug-likeness (QED) is 0.0381. The number of alkyl halides is 6. The second-order valence-electron chi connectivity index (χ2n) is 11.6. The molecule has 0 aliphatic rings. The summed E-state index contributed by atoms with van der Waals surface area (Å²) in [6.45, 7) is -0.216. The highest BCUT2D eigenvalue weighted by Gasteiger charge is 2.34. The molecule has 0 fully saturated rings. The van der Waals surface area contributed by atoms with Gasteiger partial charge in [-0.05, 0) is 36.4 Å².